The number of nitrogens with zero attached hydrogens (tertiary/aromatic N) is 2. The Hall–Kier alpha value is -3.19. The highest BCUT2D eigenvalue weighted by atomic mass is 32.2. The second-order valence-corrected chi connectivity index (χ2v) is 13.3. The number of pyridine rings is 1. The van der Waals surface area contributed by atoms with Crippen LogP contribution in [0, 0.1) is 0 Å². The number of amides is 1. The number of benzene rings is 2. The molecule has 1 aliphatic rings. The lowest BCUT2D eigenvalue weighted by atomic mass is 9.58. The summed E-state index contributed by atoms with van der Waals surface area (Å²) >= 11 is 1.29. The molecule has 2 heterocycles. The maximum atomic E-state index is 13.6. The number of halogens is 3. The van der Waals surface area contributed by atoms with E-state index in [-0.39, 0.29) is 24.6 Å². The normalized spacial score (nSPS) is 15.0. The van der Waals surface area contributed by atoms with Crippen molar-refractivity contribution in [3.05, 3.63) is 94.9 Å². The Labute approximate surface area is 254 Å². The summed E-state index contributed by atoms with van der Waals surface area (Å²) in [4.78, 5) is 17.6. The number of alkyl halides is 3. The van der Waals surface area contributed by atoms with Gasteiger partial charge in [0.15, 0.2) is 7.85 Å². The van der Waals surface area contributed by atoms with Crippen LogP contribution >= 0.6 is 11.8 Å². The van der Waals surface area contributed by atoms with Gasteiger partial charge in [0.1, 0.15) is 27.1 Å². The van der Waals surface area contributed by atoms with Gasteiger partial charge in [0.25, 0.3) is 5.91 Å². The van der Waals surface area contributed by atoms with Gasteiger partial charge in [-0.15, -0.1) is 11.8 Å². The lowest BCUT2D eigenvalue weighted by molar-refractivity contribution is -0.141. The number of rotatable bonds is 10. The maximum Gasteiger partial charge on any atom is 0.433 e. The molecule has 1 unspecified atom stereocenters. The first-order chi connectivity index (χ1) is 20.2. The summed E-state index contributed by atoms with van der Waals surface area (Å²) in [5, 5.41) is 33.7. The number of hydrogen-bond acceptors (Lipinski definition) is 6. The molecule has 4 N–H and O–H groups in total. The van der Waals surface area contributed by atoms with Gasteiger partial charge in [-0.3, -0.25) is 9.78 Å². The topological polar surface area (TPSA) is 108 Å². The van der Waals surface area contributed by atoms with Gasteiger partial charge in [-0.25, -0.2) is 0 Å². The fourth-order valence-electron chi connectivity index (χ4n) is 5.00. The number of hydrogen-bond donors (Lipinski definition) is 4. The molecule has 0 saturated heterocycles. The quantitative estimate of drug-likeness (QED) is 0.124. The highest BCUT2D eigenvalue weighted by Gasteiger charge is 2.38. The summed E-state index contributed by atoms with van der Waals surface area (Å²) in [5.74, 6) is -0.399. The molecule has 14 heteroatoms. The van der Waals surface area contributed by atoms with E-state index in [1.807, 2.05) is 12.1 Å². The molecule has 1 amide bonds. The van der Waals surface area contributed by atoms with Gasteiger partial charge < -0.3 is 25.2 Å². The fourth-order valence-corrected chi connectivity index (χ4v) is 6.06. The average Bonchev–Trinajstić information content (AvgIpc) is 3.71. The van der Waals surface area contributed by atoms with Crippen LogP contribution in [0.4, 0.5) is 13.2 Å². The molecule has 222 valence electrons. The van der Waals surface area contributed by atoms with Crippen molar-refractivity contribution in [1.29, 1.82) is 0 Å². The molecule has 0 spiro atoms. The number of aliphatic hydroxyl groups is 3. The largest absolute Gasteiger partial charge is 0.433 e. The van der Waals surface area contributed by atoms with E-state index < -0.39 is 34.1 Å². The highest BCUT2D eigenvalue weighted by molar-refractivity contribution is 8.03. The summed E-state index contributed by atoms with van der Waals surface area (Å²) in [7, 11) is 4.77. The van der Waals surface area contributed by atoms with Crippen molar-refractivity contribution in [3.8, 4) is 0 Å². The summed E-state index contributed by atoms with van der Waals surface area (Å²) in [6.07, 6.45) is -1.49. The number of aliphatic hydroxyl groups excluding tert-OH is 1. The molecular formula is C29H31B3F3N3O4S. The third-order valence-corrected chi connectivity index (χ3v) is 9.31. The molecule has 2 aromatic heterocycles. The predicted octanol–water partition coefficient (Wildman–Crippen LogP) is 1.73. The van der Waals surface area contributed by atoms with Crippen molar-refractivity contribution in [2.24, 2.45) is 0 Å². The fraction of sp³-hybridized carbons (Fsp3) is 0.310. The van der Waals surface area contributed by atoms with Crippen LogP contribution in [0.3, 0.4) is 0 Å². The first-order valence-corrected chi connectivity index (χ1v) is 14.8. The highest BCUT2D eigenvalue weighted by Crippen LogP contribution is 2.41. The van der Waals surface area contributed by atoms with Gasteiger partial charge in [0.05, 0.1) is 12.6 Å². The molecule has 0 aliphatic heterocycles. The Bertz CT molecular complexity index is 1640. The predicted molar refractivity (Wildman–Crippen MR) is 167 cm³/mol. The van der Waals surface area contributed by atoms with Gasteiger partial charge >= 0.3 is 6.18 Å². The molecule has 43 heavy (non-hydrogen) atoms. The van der Waals surface area contributed by atoms with E-state index in [0.29, 0.717) is 11.1 Å². The molecule has 2 aromatic carbocycles. The zero-order valence-corrected chi connectivity index (χ0v) is 24.8. The van der Waals surface area contributed by atoms with E-state index in [2.05, 4.69) is 14.9 Å². The molecule has 4 aromatic rings. The van der Waals surface area contributed by atoms with Crippen molar-refractivity contribution < 1.29 is 33.3 Å². The number of carbonyl (C=O) groups excluding carboxylic acids is 1. The van der Waals surface area contributed by atoms with E-state index in [1.165, 1.54) is 31.7 Å². The Morgan fingerprint density at radius 1 is 1.07 bits per heavy atom. The Balaban J connectivity index is 1.36. The Kier molecular flexibility index (Phi) is 8.52. The van der Waals surface area contributed by atoms with Gasteiger partial charge in [0.2, 0.25) is 0 Å². The third kappa shape index (κ3) is 6.82. The first kappa shape index (κ1) is 31.2. The summed E-state index contributed by atoms with van der Waals surface area (Å²) in [5.41, 5.74) is -0.0828. The van der Waals surface area contributed by atoms with Crippen molar-refractivity contribution in [2.75, 3.05) is 6.61 Å². The number of nitrogens with one attached hydrogen (secondary N) is 1. The maximum absolute atomic E-state index is 13.6. The minimum atomic E-state index is -4.56. The molecule has 5 rings (SSSR count). The van der Waals surface area contributed by atoms with E-state index in [0.717, 1.165) is 40.5 Å². The lowest BCUT2D eigenvalue weighted by Gasteiger charge is -2.35. The standard InChI is InChI=1S/C29H31B3F3N3O4S/c30-28(31,29(32,41)42)43-22-8-3-16(4-9-22)23(15-39)37-26(40)18-5-10-24-19(12-18)14-21(38(24)20-6-7-20)13-17-2-1-11-36-25(17)27(33,34)35/h1-5,8-12,14,20,23,39,41-42H,6-7,13,15,30-32H2,(H,37,40). The van der Waals surface area contributed by atoms with E-state index in [4.69, 9.17) is 0 Å². The molecule has 0 bridgehead atoms. The lowest BCUT2D eigenvalue weighted by Crippen LogP contribution is -2.53. The van der Waals surface area contributed by atoms with Crippen molar-refractivity contribution in [3.63, 3.8) is 0 Å². The van der Waals surface area contributed by atoms with Crippen LogP contribution in [0.5, 0.6) is 0 Å². The van der Waals surface area contributed by atoms with E-state index in [1.54, 1.807) is 52.1 Å². The zero-order valence-electron chi connectivity index (χ0n) is 24.0. The van der Waals surface area contributed by atoms with Crippen LogP contribution in [0.2, 0.25) is 0 Å². The molecular weight excluding hydrogens is 576 g/mol. The number of fused-ring (bicyclic) bond motifs is 1. The number of aromatic nitrogens is 2. The van der Waals surface area contributed by atoms with Crippen LogP contribution in [0.25, 0.3) is 10.9 Å². The SMILES string of the molecule is BC(O)(O)C(B)(B)Sc1ccc(C(CO)NC(=O)c2ccc3c(c2)cc(Cc2cccnc2C(F)(F)F)n3C2CC2)cc1. The summed E-state index contributed by atoms with van der Waals surface area (Å²) in [6.45, 7) is -0.341. The minimum Gasteiger partial charge on any atom is -0.394 e. The van der Waals surface area contributed by atoms with Gasteiger partial charge in [0, 0.05) is 50.3 Å². The van der Waals surface area contributed by atoms with E-state index >= 15 is 0 Å². The van der Waals surface area contributed by atoms with Crippen molar-refractivity contribution in [2.45, 2.75) is 52.7 Å². The molecule has 0 radical (unpaired) electrons. The Morgan fingerprint density at radius 3 is 2.37 bits per heavy atom. The molecule has 1 aliphatic carbocycles. The third-order valence-electron chi connectivity index (χ3n) is 7.91. The number of thioether (sulfide) groups is 1. The summed E-state index contributed by atoms with van der Waals surface area (Å²) in [6, 6.07) is 16.6. The van der Waals surface area contributed by atoms with Gasteiger partial charge in [-0.1, -0.05) is 18.2 Å². The van der Waals surface area contributed by atoms with Crippen molar-refractivity contribution in [1.82, 2.24) is 14.9 Å². The Morgan fingerprint density at radius 2 is 1.77 bits per heavy atom. The molecule has 1 fully saturated rings. The van der Waals surface area contributed by atoms with Crippen LogP contribution in [0.15, 0.2) is 71.8 Å². The van der Waals surface area contributed by atoms with E-state index in [9.17, 15) is 33.3 Å². The zero-order chi connectivity index (χ0) is 31.2. The second kappa shape index (κ2) is 11.7. The second-order valence-electron chi connectivity index (χ2n) is 11.6. The molecule has 7 nitrogen and oxygen atoms in total. The smallest absolute Gasteiger partial charge is 0.394 e. The molecule has 1 saturated carbocycles. The first-order valence-electron chi connectivity index (χ1n) is 14.0. The van der Waals surface area contributed by atoms with Crippen LogP contribution in [-0.4, -0.2) is 71.2 Å². The monoisotopic (exact) mass is 607 g/mol. The summed E-state index contributed by atoms with van der Waals surface area (Å²) < 4.78 is 42.0. The number of carbonyl (C=O) groups is 1. The van der Waals surface area contributed by atoms with Gasteiger partial charge in [-0.2, -0.15) is 13.2 Å². The van der Waals surface area contributed by atoms with Gasteiger partial charge in [-0.05, 0) is 66.4 Å². The van der Waals surface area contributed by atoms with Crippen LogP contribution in [0.1, 0.15) is 57.8 Å². The minimum absolute atomic E-state index is 0.0588. The van der Waals surface area contributed by atoms with Crippen LogP contribution < -0.4 is 5.32 Å². The van der Waals surface area contributed by atoms with Crippen LogP contribution in [-0.2, 0) is 12.6 Å². The molecule has 1 atom stereocenters. The average molecular weight is 607 g/mol. The van der Waals surface area contributed by atoms with Crippen molar-refractivity contribution >= 4 is 52.1 Å².